The molecular weight excluding hydrogens is 356 g/mol. The highest BCUT2D eigenvalue weighted by atomic mass is 16.5. The van der Waals surface area contributed by atoms with Crippen molar-refractivity contribution in [3.05, 3.63) is 76.4 Å². The Morgan fingerprint density at radius 1 is 0.893 bits per heavy atom. The van der Waals surface area contributed by atoms with Crippen LogP contribution in [0.1, 0.15) is 29.5 Å². The van der Waals surface area contributed by atoms with E-state index in [0.717, 1.165) is 22.4 Å². The van der Waals surface area contributed by atoms with Crippen LogP contribution in [0.3, 0.4) is 0 Å². The molecule has 28 heavy (non-hydrogen) atoms. The van der Waals surface area contributed by atoms with E-state index >= 15 is 0 Å². The molecular formula is C23H26O5. The molecule has 0 heterocycles. The maximum absolute atomic E-state index is 10.6. The molecule has 2 aromatic carbocycles. The van der Waals surface area contributed by atoms with Crippen LogP contribution in [0.15, 0.2) is 59.7 Å². The van der Waals surface area contributed by atoms with Crippen molar-refractivity contribution in [1.29, 1.82) is 0 Å². The predicted molar refractivity (Wildman–Crippen MR) is 108 cm³/mol. The Labute approximate surface area is 165 Å². The van der Waals surface area contributed by atoms with Gasteiger partial charge in [-0.05, 0) is 35.7 Å². The van der Waals surface area contributed by atoms with Crippen molar-refractivity contribution in [2.24, 2.45) is 0 Å². The van der Waals surface area contributed by atoms with Gasteiger partial charge in [0.05, 0.1) is 26.9 Å². The Hall–Kier alpha value is -3.08. The van der Waals surface area contributed by atoms with Crippen LogP contribution < -0.4 is 9.47 Å². The molecule has 3 rings (SSSR count). The van der Waals surface area contributed by atoms with E-state index < -0.39 is 0 Å². The Morgan fingerprint density at radius 2 is 1.64 bits per heavy atom. The summed E-state index contributed by atoms with van der Waals surface area (Å²) in [4.78, 5) is 0. The highest BCUT2D eigenvalue weighted by Gasteiger charge is 2.27. The summed E-state index contributed by atoms with van der Waals surface area (Å²) < 4.78 is 22.6. The van der Waals surface area contributed by atoms with Gasteiger partial charge in [0, 0.05) is 12.8 Å². The molecule has 0 bridgehead atoms. The highest BCUT2D eigenvalue weighted by Crippen LogP contribution is 2.41. The molecule has 0 spiro atoms. The van der Waals surface area contributed by atoms with Crippen molar-refractivity contribution < 1.29 is 24.1 Å². The number of aryl methyl sites for hydroxylation is 1. The molecule has 0 saturated heterocycles. The molecule has 1 aliphatic carbocycles. The average Bonchev–Trinajstić information content (AvgIpc) is 2.73. The van der Waals surface area contributed by atoms with E-state index in [1.807, 2.05) is 49.4 Å². The van der Waals surface area contributed by atoms with Crippen molar-refractivity contribution >= 4 is 5.57 Å². The molecule has 0 fully saturated rings. The van der Waals surface area contributed by atoms with E-state index in [-0.39, 0.29) is 5.76 Å². The SMILES string of the molecule is COC1=C(OC)C(c2cc(OCc3ccccc3)c(OC)cc2C)=C(O)CC1. The normalized spacial score (nSPS) is 14.1. The van der Waals surface area contributed by atoms with Crippen molar-refractivity contribution in [3.63, 3.8) is 0 Å². The van der Waals surface area contributed by atoms with Gasteiger partial charge in [0.2, 0.25) is 0 Å². The van der Waals surface area contributed by atoms with Crippen LogP contribution in [0.5, 0.6) is 11.5 Å². The van der Waals surface area contributed by atoms with E-state index in [1.165, 1.54) is 0 Å². The second-order valence-electron chi connectivity index (χ2n) is 6.57. The first kappa shape index (κ1) is 19.7. The number of aliphatic hydroxyl groups excluding tert-OH is 1. The quantitative estimate of drug-likeness (QED) is 0.718. The summed E-state index contributed by atoms with van der Waals surface area (Å²) in [5.74, 6) is 2.79. The summed E-state index contributed by atoms with van der Waals surface area (Å²) in [6.45, 7) is 2.38. The van der Waals surface area contributed by atoms with Crippen molar-refractivity contribution in [1.82, 2.24) is 0 Å². The summed E-state index contributed by atoms with van der Waals surface area (Å²) in [5, 5.41) is 10.6. The Morgan fingerprint density at radius 3 is 2.29 bits per heavy atom. The number of hydrogen-bond acceptors (Lipinski definition) is 5. The lowest BCUT2D eigenvalue weighted by Crippen LogP contribution is -2.10. The standard InChI is InChI=1S/C23H26O5/c1-15-12-20(26-3)21(28-14-16-8-6-5-7-9-16)13-17(15)22-18(24)10-11-19(25-2)23(22)27-4/h5-9,12-13,24H,10-11,14H2,1-4H3. The summed E-state index contributed by atoms with van der Waals surface area (Å²) in [5.41, 5.74) is 3.46. The third-order valence-corrected chi connectivity index (χ3v) is 4.83. The minimum Gasteiger partial charge on any atom is -0.512 e. The molecule has 0 saturated carbocycles. The molecule has 5 nitrogen and oxygen atoms in total. The van der Waals surface area contributed by atoms with E-state index in [1.54, 1.807) is 21.3 Å². The van der Waals surface area contributed by atoms with Crippen LogP contribution in [0.25, 0.3) is 5.57 Å². The second-order valence-corrected chi connectivity index (χ2v) is 6.57. The smallest absolute Gasteiger partial charge is 0.167 e. The van der Waals surface area contributed by atoms with Gasteiger partial charge in [-0.15, -0.1) is 0 Å². The van der Waals surface area contributed by atoms with Gasteiger partial charge in [0.15, 0.2) is 17.3 Å². The monoisotopic (exact) mass is 382 g/mol. The molecule has 0 amide bonds. The number of ether oxygens (including phenoxy) is 4. The van der Waals surface area contributed by atoms with Crippen molar-refractivity contribution in [2.45, 2.75) is 26.4 Å². The molecule has 0 aliphatic heterocycles. The molecule has 0 radical (unpaired) electrons. The van der Waals surface area contributed by atoms with Crippen LogP contribution >= 0.6 is 0 Å². The van der Waals surface area contributed by atoms with Crippen LogP contribution in [-0.4, -0.2) is 26.4 Å². The fraction of sp³-hybridized carbons (Fsp3) is 0.304. The lowest BCUT2D eigenvalue weighted by molar-refractivity contribution is 0.213. The average molecular weight is 382 g/mol. The van der Waals surface area contributed by atoms with Gasteiger partial charge in [0.25, 0.3) is 0 Å². The molecule has 5 heteroatoms. The number of allylic oxidation sites excluding steroid dienone is 3. The fourth-order valence-corrected chi connectivity index (χ4v) is 3.37. The summed E-state index contributed by atoms with van der Waals surface area (Å²) in [6.07, 6.45) is 1.10. The summed E-state index contributed by atoms with van der Waals surface area (Å²) in [7, 11) is 4.81. The number of rotatable bonds is 7. The van der Waals surface area contributed by atoms with Gasteiger partial charge in [-0.25, -0.2) is 0 Å². The first-order chi connectivity index (χ1) is 13.6. The Kier molecular flexibility index (Phi) is 6.14. The van der Waals surface area contributed by atoms with Gasteiger partial charge in [-0.2, -0.15) is 0 Å². The number of methoxy groups -OCH3 is 3. The van der Waals surface area contributed by atoms with Crippen molar-refractivity contribution in [3.8, 4) is 11.5 Å². The maximum Gasteiger partial charge on any atom is 0.167 e. The van der Waals surface area contributed by atoms with E-state index in [2.05, 4.69) is 0 Å². The maximum atomic E-state index is 10.6. The van der Waals surface area contributed by atoms with Gasteiger partial charge in [-0.3, -0.25) is 0 Å². The third kappa shape index (κ3) is 3.93. The van der Waals surface area contributed by atoms with Crippen LogP contribution in [-0.2, 0) is 16.1 Å². The number of aliphatic hydroxyl groups is 1. The first-order valence-corrected chi connectivity index (χ1v) is 9.18. The molecule has 1 N–H and O–H groups in total. The van der Waals surface area contributed by atoms with E-state index in [0.29, 0.717) is 42.3 Å². The lowest BCUT2D eigenvalue weighted by atomic mass is 9.91. The molecule has 148 valence electrons. The highest BCUT2D eigenvalue weighted by molar-refractivity contribution is 5.83. The van der Waals surface area contributed by atoms with Gasteiger partial charge >= 0.3 is 0 Å². The molecule has 2 aromatic rings. The number of hydrogen-bond donors (Lipinski definition) is 1. The Bertz CT molecular complexity index is 897. The second kappa shape index (κ2) is 8.74. The summed E-state index contributed by atoms with van der Waals surface area (Å²) in [6, 6.07) is 13.7. The minimum atomic E-state index is 0.278. The topological polar surface area (TPSA) is 57.2 Å². The van der Waals surface area contributed by atoms with E-state index in [9.17, 15) is 5.11 Å². The van der Waals surface area contributed by atoms with Gasteiger partial charge in [0.1, 0.15) is 18.1 Å². The molecule has 0 atom stereocenters. The van der Waals surface area contributed by atoms with Gasteiger partial charge in [-0.1, -0.05) is 30.3 Å². The fourth-order valence-electron chi connectivity index (χ4n) is 3.37. The van der Waals surface area contributed by atoms with Crippen LogP contribution in [0, 0.1) is 6.92 Å². The summed E-state index contributed by atoms with van der Waals surface area (Å²) >= 11 is 0. The third-order valence-electron chi connectivity index (χ3n) is 4.83. The minimum absolute atomic E-state index is 0.278. The largest absolute Gasteiger partial charge is 0.512 e. The molecule has 0 unspecified atom stereocenters. The van der Waals surface area contributed by atoms with Crippen molar-refractivity contribution in [2.75, 3.05) is 21.3 Å². The van der Waals surface area contributed by atoms with Crippen LogP contribution in [0.2, 0.25) is 0 Å². The lowest BCUT2D eigenvalue weighted by Gasteiger charge is -2.24. The van der Waals surface area contributed by atoms with Crippen LogP contribution in [0.4, 0.5) is 0 Å². The first-order valence-electron chi connectivity index (χ1n) is 9.18. The zero-order chi connectivity index (χ0) is 20.1. The predicted octanol–water partition coefficient (Wildman–Crippen LogP) is 5.15. The number of benzene rings is 2. The Balaban J connectivity index is 2.03. The zero-order valence-electron chi connectivity index (χ0n) is 16.7. The molecule has 0 aromatic heterocycles. The van der Waals surface area contributed by atoms with E-state index in [4.69, 9.17) is 18.9 Å². The molecule has 1 aliphatic rings. The zero-order valence-corrected chi connectivity index (χ0v) is 16.7. The van der Waals surface area contributed by atoms with Gasteiger partial charge < -0.3 is 24.1 Å².